The van der Waals surface area contributed by atoms with Gasteiger partial charge in [-0.2, -0.15) is 10.2 Å². The van der Waals surface area contributed by atoms with Gasteiger partial charge in [0.15, 0.2) is 0 Å². The molecule has 0 aliphatic carbocycles. The average molecular weight is 247 g/mol. The van der Waals surface area contributed by atoms with Crippen LogP contribution in [0.15, 0.2) is 24.5 Å². The Labute approximate surface area is 108 Å². The second-order valence-corrected chi connectivity index (χ2v) is 4.43. The number of aryl methyl sites for hydroxylation is 1. The van der Waals surface area contributed by atoms with E-state index in [9.17, 15) is 0 Å². The standard InChI is InChI=1S/C13H21N5/c1-4-11(3)18-9-7-13(16-18)14-10-12-6-8-15-17(12)5-2/h6-9,11H,4-5,10H2,1-3H3,(H,14,16). The number of hydrogen-bond donors (Lipinski definition) is 1. The van der Waals surface area contributed by atoms with Crippen LogP contribution in [0.25, 0.3) is 0 Å². The zero-order chi connectivity index (χ0) is 13.0. The van der Waals surface area contributed by atoms with Gasteiger partial charge in [-0.15, -0.1) is 0 Å². The van der Waals surface area contributed by atoms with Crippen LogP contribution < -0.4 is 5.32 Å². The molecule has 0 spiro atoms. The molecule has 1 N–H and O–H groups in total. The molecule has 1 unspecified atom stereocenters. The van der Waals surface area contributed by atoms with Crippen molar-refractivity contribution in [2.75, 3.05) is 5.32 Å². The third-order valence-electron chi connectivity index (χ3n) is 3.21. The Kier molecular flexibility index (Phi) is 4.02. The van der Waals surface area contributed by atoms with Crippen LogP contribution in [0.1, 0.15) is 38.9 Å². The van der Waals surface area contributed by atoms with Gasteiger partial charge in [-0.05, 0) is 26.3 Å². The molecule has 2 aromatic heterocycles. The molecule has 0 saturated heterocycles. The van der Waals surface area contributed by atoms with E-state index >= 15 is 0 Å². The minimum absolute atomic E-state index is 0.446. The minimum Gasteiger partial charge on any atom is -0.363 e. The zero-order valence-corrected chi connectivity index (χ0v) is 11.3. The molecular formula is C13H21N5. The first-order valence-corrected chi connectivity index (χ1v) is 6.54. The van der Waals surface area contributed by atoms with E-state index < -0.39 is 0 Å². The molecule has 2 rings (SSSR count). The van der Waals surface area contributed by atoms with Gasteiger partial charge in [0.05, 0.1) is 12.2 Å². The molecule has 0 aliphatic rings. The quantitative estimate of drug-likeness (QED) is 0.853. The normalized spacial score (nSPS) is 12.6. The molecule has 0 fully saturated rings. The molecule has 2 aromatic rings. The lowest BCUT2D eigenvalue weighted by molar-refractivity contribution is 0.479. The maximum absolute atomic E-state index is 4.51. The Morgan fingerprint density at radius 2 is 2.17 bits per heavy atom. The number of nitrogens with one attached hydrogen (secondary N) is 1. The molecule has 0 radical (unpaired) electrons. The van der Waals surface area contributed by atoms with Crippen LogP contribution in [0, 0.1) is 0 Å². The topological polar surface area (TPSA) is 47.7 Å². The van der Waals surface area contributed by atoms with Crippen molar-refractivity contribution in [1.82, 2.24) is 19.6 Å². The summed E-state index contributed by atoms with van der Waals surface area (Å²) in [5, 5.41) is 12.1. The highest BCUT2D eigenvalue weighted by Gasteiger charge is 2.05. The van der Waals surface area contributed by atoms with Crippen molar-refractivity contribution in [2.24, 2.45) is 0 Å². The van der Waals surface area contributed by atoms with Gasteiger partial charge in [-0.1, -0.05) is 6.92 Å². The minimum atomic E-state index is 0.446. The van der Waals surface area contributed by atoms with Crippen molar-refractivity contribution in [3.05, 3.63) is 30.2 Å². The Hall–Kier alpha value is -1.78. The molecule has 0 amide bonds. The van der Waals surface area contributed by atoms with E-state index in [0.29, 0.717) is 6.04 Å². The number of anilines is 1. The zero-order valence-electron chi connectivity index (χ0n) is 11.3. The Balaban J connectivity index is 1.96. The second kappa shape index (κ2) is 5.71. The highest BCUT2D eigenvalue weighted by molar-refractivity contribution is 5.33. The number of rotatable bonds is 6. The van der Waals surface area contributed by atoms with E-state index in [1.807, 2.05) is 33.9 Å². The average Bonchev–Trinajstić information content (AvgIpc) is 3.03. The SMILES string of the molecule is CCC(C)n1ccc(NCc2ccnn2CC)n1. The summed E-state index contributed by atoms with van der Waals surface area (Å²) in [6, 6.07) is 4.49. The summed E-state index contributed by atoms with van der Waals surface area (Å²) in [4.78, 5) is 0. The van der Waals surface area contributed by atoms with Crippen LogP contribution in [0.2, 0.25) is 0 Å². The lowest BCUT2D eigenvalue weighted by Crippen LogP contribution is -2.09. The number of nitrogens with zero attached hydrogens (tertiary/aromatic N) is 4. The summed E-state index contributed by atoms with van der Waals surface area (Å²) >= 11 is 0. The summed E-state index contributed by atoms with van der Waals surface area (Å²) < 4.78 is 3.98. The summed E-state index contributed by atoms with van der Waals surface area (Å²) in [5.41, 5.74) is 1.18. The van der Waals surface area contributed by atoms with Crippen LogP contribution >= 0.6 is 0 Å². The summed E-state index contributed by atoms with van der Waals surface area (Å²) in [6.07, 6.45) is 4.94. The monoisotopic (exact) mass is 247 g/mol. The lowest BCUT2D eigenvalue weighted by Gasteiger charge is -2.09. The van der Waals surface area contributed by atoms with E-state index in [1.54, 1.807) is 0 Å². The van der Waals surface area contributed by atoms with E-state index in [1.165, 1.54) is 5.69 Å². The highest BCUT2D eigenvalue weighted by atomic mass is 15.3. The lowest BCUT2D eigenvalue weighted by atomic mass is 10.3. The predicted octanol–water partition coefficient (Wildman–Crippen LogP) is 2.68. The largest absolute Gasteiger partial charge is 0.363 e. The van der Waals surface area contributed by atoms with Gasteiger partial charge in [0.1, 0.15) is 5.82 Å². The van der Waals surface area contributed by atoms with Crippen molar-refractivity contribution >= 4 is 5.82 Å². The highest BCUT2D eigenvalue weighted by Crippen LogP contribution is 2.12. The summed E-state index contributed by atoms with van der Waals surface area (Å²) in [5.74, 6) is 0.916. The van der Waals surface area contributed by atoms with Crippen molar-refractivity contribution in [3.8, 4) is 0 Å². The first-order valence-electron chi connectivity index (χ1n) is 6.54. The van der Waals surface area contributed by atoms with Gasteiger partial charge in [0, 0.05) is 31.0 Å². The van der Waals surface area contributed by atoms with Crippen LogP contribution in [0.4, 0.5) is 5.82 Å². The first-order chi connectivity index (χ1) is 8.74. The fourth-order valence-corrected chi connectivity index (χ4v) is 1.84. The number of hydrogen-bond acceptors (Lipinski definition) is 3. The van der Waals surface area contributed by atoms with Gasteiger partial charge < -0.3 is 5.32 Å². The fourth-order valence-electron chi connectivity index (χ4n) is 1.84. The maximum atomic E-state index is 4.51. The van der Waals surface area contributed by atoms with Crippen molar-refractivity contribution in [1.29, 1.82) is 0 Å². The molecule has 5 heteroatoms. The van der Waals surface area contributed by atoms with Crippen LogP contribution in [0.3, 0.4) is 0 Å². The van der Waals surface area contributed by atoms with E-state index in [2.05, 4.69) is 36.3 Å². The molecular weight excluding hydrogens is 226 g/mol. The fraction of sp³-hybridized carbons (Fsp3) is 0.538. The third kappa shape index (κ3) is 2.72. The summed E-state index contributed by atoms with van der Waals surface area (Å²) in [7, 11) is 0. The number of aromatic nitrogens is 4. The second-order valence-electron chi connectivity index (χ2n) is 4.43. The Morgan fingerprint density at radius 1 is 1.33 bits per heavy atom. The maximum Gasteiger partial charge on any atom is 0.148 e. The van der Waals surface area contributed by atoms with Crippen LogP contribution in [0.5, 0.6) is 0 Å². The van der Waals surface area contributed by atoms with Crippen LogP contribution in [-0.2, 0) is 13.1 Å². The molecule has 1 atom stereocenters. The van der Waals surface area contributed by atoms with Gasteiger partial charge in [0.25, 0.3) is 0 Å². The van der Waals surface area contributed by atoms with Crippen molar-refractivity contribution in [3.63, 3.8) is 0 Å². The molecule has 98 valence electrons. The van der Waals surface area contributed by atoms with Crippen molar-refractivity contribution in [2.45, 2.75) is 46.3 Å². The molecule has 0 aliphatic heterocycles. The van der Waals surface area contributed by atoms with Gasteiger partial charge >= 0.3 is 0 Å². The predicted molar refractivity (Wildman–Crippen MR) is 72.5 cm³/mol. The molecule has 18 heavy (non-hydrogen) atoms. The Morgan fingerprint density at radius 3 is 2.89 bits per heavy atom. The van der Waals surface area contributed by atoms with E-state index in [0.717, 1.165) is 25.3 Å². The molecule has 0 saturated carbocycles. The van der Waals surface area contributed by atoms with Gasteiger partial charge in [0.2, 0.25) is 0 Å². The van der Waals surface area contributed by atoms with E-state index in [4.69, 9.17) is 0 Å². The van der Waals surface area contributed by atoms with E-state index in [-0.39, 0.29) is 0 Å². The molecule has 0 aromatic carbocycles. The summed E-state index contributed by atoms with van der Waals surface area (Å²) in [6.45, 7) is 8.08. The molecule has 0 bridgehead atoms. The molecule has 5 nitrogen and oxygen atoms in total. The third-order valence-corrected chi connectivity index (χ3v) is 3.21. The van der Waals surface area contributed by atoms with Gasteiger partial charge in [-0.3, -0.25) is 9.36 Å². The van der Waals surface area contributed by atoms with Crippen LogP contribution in [-0.4, -0.2) is 19.6 Å². The Bertz CT molecular complexity index is 485. The first kappa shape index (κ1) is 12.7. The smallest absolute Gasteiger partial charge is 0.148 e. The van der Waals surface area contributed by atoms with Crippen molar-refractivity contribution < 1.29 is 0 Å². The van der Waals surface area contributed by atoms with Gasteiger partial charge in [-0.25, -0.2) is 0 Å². The molecule has 2 heterocycles.